The molecular weight excluding hydrogens is 452 g/mol. The summed E-state index contributed by atoms with van der Waals surface area (Å²) in [6, 6.07) is 17.1. The molecule has 0 spiro atoms. The lowest BCUT2D eigenvalue weighted by Crippen LogP contribution is -2.59. The van der Waals surface area contributed by atoms with Gasteiger partial charge in [-0.2, -0.15) is 0 Å². The van der Waals surface area contributed by atoms with Crippen LogP contribution in [0.15, 0.2) is 70.6 Å². The molecule has 1 fully saturated rings. The standard InChI is InChI=1S/C22H28N2O8S/c25-14-17-19(26)20(27)21(28)22(32-17)31-12-11-18(23-13-15-7-3-1-4-8-15)24-33(29,30)16-9-5-2-6-10-16/h1-10,17,19-22,25-28H,11-14H2,(H,23,24)/t17-,19-,20+,21-,22-/m1/s1. The molecule has 5 N–H and O–H groups in total. The second kappa shape index (κ2) is 11.7. The summed E-state index contributed by atoms with van der Waals surface area (Å²) in [5.74, 6) is 0.132. The van der Waals surface area contributed by atoms with Crippen molar-refractivity contribution >= 4 is 15.9 Å². The maximum atomic E-state index is 12.7. The maximum Gasteiger partial charge on any atom is 0.262 e. The molecule has 1 aliphatic rings. The average Bonchev–Trinajstić information content (AvgIpc) is 2.83. The summed E-state index contributed by atoms with van der Waals surface area (Å²) in [4.78, 5) is 4.45. The Bertz CT molecular complexity index is 1000. The lowest BCUT2D eigenvalue weighted by Gasteiger charge is -2.39. The number of aliphatic imine (C=N–C) groups is 1. The summed E-state index contributed by atoms with van der Waals surface area (Å²) in [6.45, 7) is -0.466. The van der Waals surface area contributed by atoms with E-state index in [1.807, 2.05) is 30.3 Å². The van der Waals surface area contributed by atoms with Crippen molar-refractivity contribution in [3.63, 3.8) is 0 Å². The Balaban J connectivity index is 1.69. The predicted octanol–water partition coefficient (Wildman–Crippen LogP) is -0.230. The summed E-state index contributed by atoms with van der Waals surface area (Å²) in [5, 5.41) is 39.1. The van der Waals surface area contributed by atoms with E-state index >= 15 is 0 Å². The van der Waals surface area contributed by atoms with Crippen LogP contribution >= 0.6 is 0 Å². The summed E-state index contributed by atoms with van der Waals surface area (Å²) < 4.78 is 38.7. The van der Waals surface area contributed by atoms with Crippen molar-refractivity contribution in [3.05, 3.63) is 66.2 Å². The number of amidine groups is 1. The van der Waals surface area contributed by atoms with Gasteiger partial charge in [0.15, 0.2) is 6.29 Å². The highest BCUT2D eigenvalue weighted by atomic mass is 32.2. The van der Waals surface area contributed by atoms with Gasteiger partial charge in [0.2, 0.25) is 0 Å². The second-order valence-electron chi connectivity index (χ2n) is 7.49. The van der Waals surface area contributed by atoms with Crippen molar-refractivity contribution in [3.8, 4) is 0 Å². The number of nitrogens with zero attached hydrogens (tertiary/aromatic N) is 1. The number of hydrogen-bond donors (Lipinski definition) is 5. The van der Waals surface area contributed by atoms with Crippen molar-refractivity contribution in [2.45, 2.75) is 48.6 Å². The quantitative estimate of drug-likeness (QED) is 0.243. The molecule has 0 saturated carbocycles. The largest absolute Gasteiger partial charge is 0.394 e. The molecule has 0 bridgehead atoms. The van der Waals surface area contributed by atoms with Gasteiger partial charge in [0.25, 0.3) is 10.0 Å². The number of aliphatic hydroxyl groups excluding tert-OH is 4. The molecule has 0 aromatic heterocycles. The molecule has 5 atom stereocenters. The third-order valence-electron chi connectivity index (χ3n) is 5.07. The third-order valence-corrected chi connectivity index (χ3v) is 6.47. The predicted molar refractivity (Wildman–Crippen MR) is 119 cm³/mol. The molecule has 0 unspecified atom stereocenters. The molecule has 2 aromatic rings. The van der Waals surface area contributed by atoms with Gasteiger partial charge in [-0.3, -0.25) is 9.71 Å². The first kappa shape index (κ1) is 25.2. The summed E-state index contributed by atoms with van der Waals surface area (Å²) in [6.07, 6.45) is -7.01. The molecule has 0 aliphatic carbocycles. The van der Waals surface area contributed by atoms with Gasteiger partial charge in [0, 0.05) is 6.42 Å². The number of aliphatic hydroxyl groups is 4. The number of benzene rings is 2. The van der Waals surface area contributed by atoms with E-state index in [1.54, 1.807) is 18.2 Å². The zero-order chi connectivity index (χ0) is 23.8. The first-order valence-corrected chi connectivity index (χ1v) is 11.9. The Morgan fingerprint density at radius 3 is 2.24 bits per heavy atom. The topological polar surface area (TPSA) is 158 Å². The highest BCUT2D eigenvalue weighted by molar-refractivity contribution is 7.90. The van der Waals surface area contributed by atoms with Crippen molar-refractivity contribution in [1.82, 2.24) is 4.72 Å². The minimum absolute atomic E-state index is 0.0217. The Morgan fingerprint density at radius 2 is 1.61 bits per heavy atom. The van der Waals surface area contributed by atoms with Crippen LogP contribution in [0.2, 0.25) is 0 Å². The van der Waals surface area contributed by atoms with Gasteiger partial charge >= 0.3 is 0 Å². The van der Waals surface area contributed by atoms with E-state index in [9.17, 15) is 28.8 Å². The summed E-state index contributed by atoms with van der Waals surface area (Å²) in [5.41, 5.74) is 0.878. The molecule has 10 nitrogen and oxygen atoms in total. The van der Waals surface area contributed by atoms with Gasteiger partial charge < -0.3 is 29.9 Å². The lowest BCUT2D eigenvalue weighted by molar-refractivity contribution is -0.300. The van der Waals surface area contributed by atoms with Crippen molar-refractivity contribution in [2.24, 2.45) is 4.99 Å². The maximum absolute atomic E-state index is 12.7. The fourth-order valence-electron chi connectivity index (χ4n) is 3.22. The molecule has 0 radical (unpaired) electrons. The highest BCUT2D eigenvalue weighted by Gasteiger charge is 2.43. The fourth-order valence-corrected chi connectivity index (χ4v) is 4.33. The van der Waals surface area contributed by atoms with Gasteiger partial charge in [-0.15, -0.1) is 0 Å². The van der Waals surface area contributed by atoms with Crippen molar-refractivity contribution in [1.29, 1.82) is 0 Å². The number of rotatable bonds is 9. The monoisotopic (exact) mass is 480 g/mol. The Morgan fingerprint density at radius 1 is 0.970 bits per heavy atom. The van der Waals surface area contributed by atoms with E-state index < -0.39 is 47.3 Å². The molecular formula is C22H28N2O8S. The van der Waals surface area contributed by atoms with E-state index in [-0.39, 0.29) is 30.3 Å². The van der Waals surface area contributed by atoms with E-state index in [0.29, 0.717) is 0 Å². The van der Waals surface area contributed by atoms with Gasteiger partial charge in [-0.05, 0) is 17.7 Å². The van der Waals surface area contributed by atoms with Crippen LogP contribution in [-0.2, 0) is 26.0 Å². The van der Waals surface area contributed by atoms with Gasteiger partial charge in [-0.25, -0.2) is 8.42 Å². The third kappa shape index (κ3) is 6.81. The Hall–Kier alpha value is -2.38. The zero-order valence-corrected chi connectivity index (χ0v) is 18.6. The molecule has 11 heteroatoms. The fraction of sp³-hybridized carbons (Fsp3) is 0.409. The van der Waals surface area contributed by atoms with Crippen molar-refractivity contribution in [2.75, 3.05) is 13.2 Å². The molecule has 1 saturated heterocycles. The van der Waals surface area contributed by atoms with E-state index in [1.165, 1.54) is 12.1 Å². The highest BCUT2D eigenvalue weighted by Crippen LogP contribution is 2.22. The molecule has 2 aromatic carbocycles. The van der Waals surface area contributed by atoms with Crippen LogP contribution in [0.3, 0.4) is 0 Å². The summed E-state index contributed by atoms with van der Waals surface area (Å²) >= 11 is 0. The van der Waals surface area contributed by atoms with Crippen LogP contribution in [0.5, 0.6) is 0 Å². The molecule has 1 aliphatic heterocycles. The number of sulfonamides is 1. The molecule has 180 valence electrons. The Labute approximate surface area is 192 Å². The van der Waals surface area contributed by atoms with Gasteiger partial charge in [0.1, 0.15) is 30.3 Å². The minimum atomic E-state index is -3.88. The van der Waals surface area contributed by atoms with E-state index in [2.05, 4.69) is 9.71 Å². The van der Waals surface area contributed by atoms with Crippen molar-refractivity contribution < 1.29 is 38.3 Å². The first-order valence-electron chi connectivity index (χ1n) is 10.4. The zero-order valence-electron chi connectivity index (χ0n) is 17.8. The number of nitrogens with one attached hydrogen (secondary N) is 1. The molecule has 1 heterocycles. The Kier molecular flexibility index (Phi) is 8.92. The van der Waals surface area contributed by atoms with Crippen LogP contribution in [0, 0.1) is 0 Å². The lowest BCUT2D eigenvalue weighted by atomic mass is 9.99. The van der Waals surface area contributed by atoms with Crippen LogP contribution in [0.1, 0.15) is 12.0 Å². The normalized spacial score (nSPS) is 26.2. The van der Waals surface area contributed by atoms with E-state index in [0.717, 1.165) is 5.56 Å². The number of ether oxygens (including phenoxy) is 2. The molecule has 3 rings (SSSR count). The van der Waals surface area contributed by atoms with Crippen LogP contribution in [-0.4, -0.2) is 78.6 Å². The molecule has 33 heavy (non-hydrogen) atoms. The SMILES string of the molecule is O=S(=O)(NC(CCO[C@@H]1O[C@H](CO)[C@@H](O)[C@H](O)[C@H]1O)=NCc1ccccc1)c1ccccc1. The first-order chi connectivity index (χ1) is 15.8. The smallest absolute Gasteiger partial charge is 0.262 e. The van der Waals surface area contributed by atoms with Gasteiger partial charge in [-0.1, -0.05) is 48.5 Å². The van der Waals surface area contributed by atoms with Crippen LogP contribution in [0.4, 0.5) is 0 Å². The molecule has 0 amide bonds. The van der Waals surface area contributed by atoms with Crippen LogP contribution < -0.4 is 4.72 Å². The minimum Gasteiger partial charge on any atom is -0.394 e. The summed E-state index contributed by atoms with van der Waals surface area (Å²) in [7, 11) is -3.88. The number of hydrogen-bond acceptors (Lipinski definition) is 9. The van der Waals surface area contributed by atoms with Gasteiger partial charge in [0.05, 0.1) is 24.7 Å². The average molecular weight is 481 g/mol. The van der Waals surface area contributed by atoms with Crippen LogP contribution in [0.25, 0.3) is 0 Å². The second-order valence-corrected chi connectivity index (χ2v) is 9.17. The van der Waals surface area contributed by atoms with E-state index in [4.69, 9.17) is 9.47 Å².